The second-order valence-electron chi connectivity index (χ2n) is 3.57. The molecule has 1 N–H and O–H groups in total. The predicted octanol–water partition coefficient (Wildman–Crippen LogP) is 3.51. The van der Waals surface area contributed by atoms with Crippen molar-refractivity contribution in [3.63, 3.8) is 0 Å². The fourth-order valence-corrected chi connectivity index (χ4v) is 1.66. The van der Waals surface area contributed by atoms with E-state index >= 15 is 0 Å². The molecule has 0 aromatic heterocycles. The summed E-state index contributed by atoms with van der Waals surface area (Å²) in [4.78, 5) is 11.2. The Kier molecular flexibility index (Phi) is 7.25. The van der Waals surface area contributed by atoms with Gasteiger partial charge >= 0.3 is 0 Å². The van der Waals surface area contributed by atoms with Crippen LogP contribution in [-0.2, 0) is 4.79 Å². The molecule has 1 aromatic carbocycles. The molecule has 0 spiro atoms. The van der Waals surface area contributed by atoms with Crippen molar-refractivity contribution in [2.45, 2.75) is 12.8 Å². The molecule has 1 amide bonds. The van der Waals surface area contributed by atoms with Gasteiger partial charge < -0.3 is 10.1 Å². The van der Waals surface area contributed by atoms with Crippen molar-refractivity contribution < 1.29 is 9.53 Å². The summed E-state index contributed by atoms with van der Waals surface area (Å²) in [5, 5.41) is 3.66. The van der Waals surface area contributed by atoms with E-state index in [0.717, 1.165) is 0 Å². The lowest BCUT2D eigenvalue weighted by Crippen LogP contribution is -2.27. The Labute approximate surface area is 121 Å². The summed E-state index contributed by atoms with van der Waals surface area (Å²) in [7, 11) is 0. The molecule has 0 aliphatic heterocycles. The van der Waals surface area contributed by atoms with Crippen LogP contribution in [0.25, 0.3) is 0 Å². The maximum Gasteiger partial charge on any atom is 0.220 e. The lowest BCUT2D eigenvalue weighted by Gasteiger charge is -2.08. The van der Waals surface area contributed by atoms with Crippen LogP contribution >= 0.6 is 34.8 Å². The Hall–Kier alpha value is -0.640. The zero-order chi connectivity index (χ0) is 13.4. The molecule has 0 radical (unpaired) electrons. The fraction of sp³-hybridized carbons (Fsp3) is 0.417. The first-order valence-corrected chi connectivity index (χ1v) is 6.83. The second-order valence-corrected chi connectivity index (χ2v) is 4.76. The fourth-order valence-electron chi connectivity index (χ4n) is 1.24. The Balaban J connectivity index is 2.21. The van der Waals surface area contributed by atoms with E-state index in [0.29, 0.717) is 47.7 Å². The molecular weight excluding hydrogens is 296 g/mol. The summed E-state index contributed by atoms with van der Waals surface area (Å²) in [6.07, 6.45) is 1.12. The van der Waals surface area contributed by atoms with Crippen LogP contribution in [0.3, 0.4) is 0 Å². The maximum absolute atomic E-state index is 11.2. The van der Waals surface area contributed by atoms with E-state index in [-0.39, 0.29) is 5.91 Å². The number of ether oxygens (including phenoxy) is 1. The zero-order valence-corrected chi connectivity index (χ0v) is 12.0. The average molecular weight is 311 g/mol. The van der Waals surface area contributed by atoms with Gasteiger partial charge in [0, 0.05) is 18.4 Å². The molecule has 0 aliphatic carbocycles. The van der Waals surface area contributed by atoms with Gasteiger partial charge in [0.05, 0.1) is 16.6 Å². The highest BCUT2D eigenvalue weighted by molar-refractivity contribution is 6.42. The number of alkyl halides is 1. The maximum atomic E-state index is 11.2. The van der Waals surface area contributed by atoms with Crippen molar-refractivity contribution in [2.75, 3.05) is 19.0 Å². The van der Waals surface area contributed by atoms with Crippen molar-refractivity contribution in [3.05, 3.63) is 28.2 Å². The first kappa shape index (κ1) is 15.4. The minimum absolute atomic E-state index is 0.0200. The van der Waals surface area contributed by atoms with Crippen molar-refractivity contribution in [2.24, 2.45) is 0 Å². The Morgan fingerprint density at radius 3 is 2.72 bits per heavy atom. The van der Waals surface area contributed by atoms with Gasteiger partial charge in [-0.25, -0.2) is 0 Å². The van der Waals surface area contributed by atoms with Crippen LogP contribution in [0.4, 0.5) is 0 Å². The van der Waals surface area contributed by atoms with E-state index in [4.69, 9.17) is 39.5 Å². The number of hydrogen-bond donors (Lipinski definition) is 1. The molecule has 1 rings (SSSR count). The van der Waals surface area contributed by atoms with Crippen LogP contribution in [0.2, 0.25) is 10.0 Å². The normalized spacial score (nSPS) is 10.2. The molecule has 0 unspecified atom stereocenters. The van der Waals surface area contributed by atoms with E-state index < -0.39 is 0 Å². The summed E-state index contributed by atoms with van der Waals surface area (Å²) in [5.74, 6) is 1.10. The molecule has 0 saturated heterocycles. The molecule has 1 aromatic rings. The van der Waals surface area contributed by atoms with Crippen LogP contribution < -0.4 is 10.1 Å². The summed E-state index contributed by atoms with van der Waals surface area (Å²) < 4.78 is 5.41. The molecule has 0 saturated carbocycles. The molecule has 0 aliphatic rings. The third kappa shape index (κ3) is 5.80. The van der Waals surface area contributed by atoms with E-state index in [2.05, 4.69) is 5.32 Å². The standard InChI is InChI=1S/C12H14Cl3NO2/c13-5-1-2-12(17)16-6-7-18-9-3-4-10(14)11(15)8-9/h3-4,8H,1-2,5-7H2,(H,16,17). The Morgan fingerprint density at radius 1 is 1.28 bits per heavy atom. The predicted molar refractivity (Wildman–Crippen MR) is 74.9 cm³/mol. The molecule has 0 bridgehead atoms. The highest BCUT2D eigenvalue weighted by Gasteiger charge is 2.02. The van der Waals surface area contributed by atoms with Gasteiger partial charge in [-0.2, -0.15) is 0 Å². The summed E-state index contributed by atoms with van der Waals surface area (Å²) in [6.45, 7) is 0.825. The average Bonchev–Trinajstić information content (AvgIpc) is 2.36. The molecular formula is C12H14Cl3NO2. The monoisotopic (exact) mass is 309 g/mol. The van der Waals surface area contributed by atoms with Gasteiger partial charge in [-0.05, 0) is 18.6 Å². The van der Waals surface area contributed by atoms with Gasteiger partial charge in [-0.1, -0.05) is 23.2 Å². The van der Waals surface area contributed by atoms with Crippen molar-refractivity contribution in [1.29, 1.82) is 0 Å². The molecule has 0 fully saturated rings. The van der Waals surface area contributed by atoms with Gasteiger partial charge in [0.1, 0.15) is 12.4 Å². The van der Waals surface area contributed by atoms with Crippen molar-refractivity contribution >= 4 is 40.7 Å². The molecule has 3 nitrogen and oxygen atoms in total. The van der Waals surface area contributed by atoms with E-state index in [1.807, 2.05) is 0 Å². The SMILES string of the molecule is O=C(CCCCl)NCCOc1ccc(Cl)c(Cl)c1. The van der Waals surface area contributed by atoms with Crippen LogP contribution in [0.5, 0.6) is 5.75 Å². The third-order valence-electron chi connectivity index (χ3n) is 2.12. The van der Waals surface area contributed by atoms with E-state index in [9.17, 15) is 4.79 Å². The minimum Gasteiger partial charge on any atom is -0.492 e. The largest absolute Gasteiger partial charge is 0.492 e. The number of carbonyl (C=O) groups excluding carboxylic acids is 1. The molecule has 0 atom stereocenters. The first-order valence-electron chi connectivity index (χ1n) is 5.54. The summed E-state index contributed by atoms with van der Waals surface area (Å²) in [5.41, 5.74) is 0. The minimum atomic E-state index is -0.0200. The van der Waals surface area contributed by atoms with Gasteiger partial charge in [0.25, 0.3) is 0 Å². The molecule has 0 heterocycles. The smallest absolute Gasteiger partial charge is 0.220 e. The lowest BCUT2D eigenvalue weighted by atomic mass is 10.3. The van der Waals surface area contributed by atoms with Crippen molar-refractivity contribution in [1.82, 2.24) is 5.32 Å². The van der Waals surface area contributed by atoms with Crippen LogP contribution in [0.15, 0.2) is 18.2 Å². The van der Waals surface area contributed by atoms with E-state index in [1.54, 1.807) is 18.2 Å². The quantitative estimate of drug-likeness (QED) is 0.618. The molecule has 100 valence electrons. The van der Waals surface area contributed by atoms with Gasteiger partial charge in [0.2, 0.25) is 5.91 Å². The van der Waals surface area contributed by atoms with Crippen LogP contribution in [0, 0.1) is 0 Å². The number of hydrogen-bond acceptors (Lipinski definition) is 2. The number of amides is 1. The third-order valence-corrected chi connectivity index (χ3v) is 3.13. The number of carbonyl (C=O) groups is 1. The van der Waals surface area contributed by atoms with Gasteiger partial charge in [-0.15, -0.1) is 11.6 Å². The zero-order valence-electron chi connectivity index (χ0n) is 9.72. The number of rotatable bonds is 7. The highest BCUT2D eigenvalue weighted by Crippen LogP contribution is 2.26. The second kappa shape index (κ2) is 8.46. The number of halogens is 3. The first-order chi connectivity index (χ1) is 8.63. The number of nitrogens with one attached hydrogen (secondary N) is 1. The van der Waals surface area contributed by atoms with Crippen molar-refractivity contribution in [3.8, 4) is 5.75 Å². The topological polar surface area (TPSA) is 38.3 Å². The summed E-state index contributed by atoms with van der Waals surface area (Å²) >= 11 is 17.1. The molecule has 6 heteroatoms. The van der Waals surface area contributed by atoms with Gasteiger partial charge in [0.15, 0.2) is 0 Å². The Bertz CT molecular complexity index is 399. The van der Waals surface area contributed by atoms with Crippen LogP contribution in [0.1, 0.15) is 12.8 Å². The number of benzene rings is 1. The van der Waals surface area contributed by atoms with Gasteiger partial charge in [-0.3, -0.25) is 4.79 Å². The Morgan fingerprint density at radius 2 is 2.06 bits per heavy atom. The lowest BCUT2D eigenvalue weighted by molar-refractivity contribution is -0.121. The summed E-state index contributed by atoms with van der Waals surface area (Å²) in [6, 6.07) is 5.03. The highest BCUT2D eigenvalue weighted by atomic mass is 35.5. The molecule has 18 heavy (non-hydrogen) atoms. The van der Waals surface area contributed by atoms with E-state index in [1.165, 1.54) is 0 Å². The van der Waals surface area contributed by atoms with Crippen LogP contribution in [-0.4, -0.2) is 24.9 Å².